The molecule has 0 aliphatic rings. The Labute approximate surface area is 246 Å². The quantitative estimate of drug-likeness (QED) is 0.195. The van der Waals surface area contributed by atoms with E-state index in [4.69, 9.17) is 15.1 Å². The van der Waals surface area contributed by atoms with E-state index in [1.165, 1.54) is 44.6 Å². The van der Waals surface area contributed by atoms with E-state index in [-0.39, 0.29) is 0 Å². The van der Waals surface area contributed by atoms with Crippen LogP contribution in [0.25, 0.3) is 27.5 Å². The van der Waals surface area contributed by atoms with E-state index in [0.29, 0.717) is 0 Å². The number of hydrogen-bond donors (Lipinski definition) is 3. The van der Waals surface area contributed by atoms with Crippen molar-refractivity contribution in [3.05, 3.63) is 170 Å². The lowest BCUT2D eigenvalue weighted by molar-refractivity contribution is 0.278. The highest BCUT2D eigenvalue weighted by Gasteiger charge is 2.10. The Bertz CT molecular complexity index is 1620. The summed E-state index contributed by atoms with van der Waals surface area (Å²) in [5, 5.41) is 24.0. The first-order valence-corrected chi connectivity index (χ1v) is 13.7. The van der Waals surface area contributed by atoms with Crippen molar-refractivity contribution in [1.29, 1.82) is 0 Å². The van der Waals surface area contributed by atoms with Gasteiger partial charge in [-0.25, -0.2) is 0 Å². The summed E-state index contributed by atoms with van der Waals surface area (Å²) in [5.41, 5.74) is 7.08. The van der Waals surface area contributed by atoms with E-state index >= 15 is 0 Å². The SMILES string of the molecule is OB(O)O.c1ccc(-n2c3ccc(cc3)c3ccc2cc3)cc1.c1ccc(N(c2ccccc2)c2ccccc2)cc1. The number of benzene rings is 6. The van der Waals surface area contributed by atoms with Gasteiger partial charge in [0.05, 0.1) is 0 Å². The standard InChI is InChI=1S/C18H13N.C18H15N.BH3O3/c1-2-4-16(5-3-1)19-17-10-6-14(7-11-17)15-8-12-18(19)13-9-15;1-4-10-16(11-5-1)19(17-12-6-2-7-13-17)18-14-8-3-9-15-18;2-1(3)4/h1-13H;1-15H;2-4H. The minimum absolute atomic E-state index is 1.17. The highest BCUT2D eigenvalue weighted by Crippen LogP contribution is 2.33. The van der Waals surface area contributed by atoms with Crippen molar-refractivity contribution in [2.24, 2.45) is 0 Å². The van der Waals surface area contributed by atoms with Gasteiger partial charge in [-0.3, -0.25) is 0 Å². The molecular weight excluding hydrogens is 519 g/mol. The van der Waals surface area contributed by atoms with Crippen LogP contribution in [0.1, 0.15) is 0 Å². The lowest BCUT2D eigenvalue weighted by atomic mass is 10.2. The molecular formula is C36H31BN2O3. The van der Waals surface area contributed by atoms with Crippen molar-refractivity contribution >= 4 is 46.2 Å². The normalized spacial score (nSPS) is 10.3. The van der Waals surface area contributed by atoms with Crippen LogP contribution in [-0.2, 0) is 0 Å². The van der Waals surface area contributed by atoms with Gasteiger partial charge in [-0.1, -0.05) is 97.1 Å². The highest BCUT2D eigenvalue weighted by atomic mass is 16.5. The average molecular weight is 550 g/mol. The number of aromatic nitrogens is 1. The third kappa shape index (κ3) is 7.13. The number of rotatable bonds is 4. The second-order valence-corrected chi connectivity index (χ2v) is 9.45. The molecule has 4 aromatic heterocycles. The molecule has 0 radical (unpaired) electrons. The fraction of sp³-hybridized carbons (Fsp3) is 0. The first-order valence-electron chi connectivity index (χ1n) is 13.7. The van der Waals surface area contributed by atoms with Gasteiger partial charge in [-0.15, -0.1) is 0 Å². The number of anilines is 3. The van der Waals surface area contributed by atoms with Crippen LogP contribution >= 0.6 is 0 Å². The minimum Gasteiger partial charge on any atom is -0.402 e. The molecule has 0 aliphatic carbocycles. The fourth-order valence-electron chi connectivity index (χ4n) is 4.81. The van der Waals surface area contributed by atoms with Gasteiger partial charge in [-0.2, -0.15) is 0 Å². The van der Waals surface area contributed by atoms with E-state index in [1.807, 2.05) is 24.3 Å². The lowest BCUT2D eigenvalue weighted by Crippen LogP contribution is -2.09. The predicted molar refractivity (Wildman–Crippen MR) is 174 cm³/mol. The molecule has 0 spiro atoms. The third-order valence-electron chi connectivity index (χ3n) is 6.64. The van der Waals surface area contributed by atoms with Crippen LogP contribution in [0.2, 0.25) is 0 Å². The summed E-state index contributed by atoms with van der Waals surface area (Å²) in [6.45, 7) is 0. The largest absolute Gasteiger partial charge is 0.631 e. The first kappa shape index (κ1) is 28.4. The van der Waals surface area contributed by atoms with Gasteiger partial charge in [0, 0.05) is 33.8 Å². The van der Waals surface area contributed by atoms with E-state index in [1.54, 1.807) is 0 Å². The Morgan fingerprint density at radius 3 is 0.976 bits per heavy atom. The van der Waals surface area contributed by atoms with Crippen LogP contribution < -0.4 is 4.90 Å². The molecule has 0 unspecified atom stereocenters. The zero-order valence-electron chi connectivity index (χ0n) is 23.0. The van der Waals surface area contributed by atoms with Gasteiger partial charge >= 0.3 is 7.32 Å². The summed E-state index contributed by atoms with van der Waals surface area (Å²) in [6, 6.07) is 59.2. The summed E-state index contributed by atoms with van der Waals surface area (Å²) in [5.74, 6) is 0. The van der Waals surface area contributed by atoms with Crippen molar-refractivity contribution in [1.82, 2.24) is 4.57 Å². The van der Waals surface area contributed by atoms with Crippen molar-refractivity contribution in [3.63, 3.8) is 0 Å². The van der Waals surface area contributed by atoms with Crippen molar-refractivity contribution in [3.8, 4) is 5.69 Å². The van der Waals surface area contributed by atoms with Crippen molar-refractivity contribution in [2.75, 3.05) is 4.90 Å². The van der Waals surface area contributed by atoms with E-state index in [9.17, 15) is 0 Å². The Kier molecular flexibility index (Phi) is 9.44. The van der Waals surface area contributed by atoms with E-state index in [2.05, 4.69) is 155 Å². The predicted octanol–water partition coefficient (Wildman–Crippen LogP) is 7.89. The number of nitrogens with zero attached hydrogens (tertiary/aromatic N) is 2. The summed E-state index contributed by atoms with van der Waals surface area (Å²) < 4.78 is 2.28. The zero-order chi connectivity index (χ0) is 29.1. The summed E-state index contributed by atoms with van der Waals surface area (Å²) in [4.78, 5) is 2.25. The highest BCUT2D eigenvalue weighted by molar-refractivity contribution is 6.30. The number of hydrogen-bond acceptors (Lipinski definition) is 4. The minimum atomic E-state index is -2.17. The molecule has 4 heterocycles. The molecule has 0 aliphatic heterocycles. The third-order valence-corrected chi connectivity index (χ3v) is 6.64. The molecule has 6 aromatic carbocycles. The molecule has 5 nitrogen and oxygen atoms in total. The molecule has 0 saturated carbocycles. The Balaban J connectivity index is 0.000000149. The molecule has 0 fully saturated rings. The van der Waals surface area contributed by atoms with Gasteiger partial charge in [0.2, 0.25) is 0 Å². The Morgan fingerprint density at radius 1 is 0.381 bits per heavy atom. The van der Waals surface area contributed by atoms with E-state index < -0.39 is 7.32 Å². The molecule has 10 rings (SSSR count). The van der Waals surface area contributed by atoms with Gasteiger partial charge in [0.25, 0.3) is 0 Å². The second-order valence-electron chi connectivity index (χ2n) is 9.45. The molecule has 10 aromatic rings. The molecule has 6 heteroatoms. The molecule has 206 valence electrons. The molecule has 3 N–H and O–H groups in total. The van der Waals surface area contributed by atoms with E-state index in [0.717, 1.165) is 0 Å². The van der Waals surface area contributed by atoms with Crippen LogP contribution in [0.3, 0.4) is 0 Å². The maximum atomic E-state index is 7.17. The summed E-state index contributed by atoms with van der Waals surface area (Å²) >= 11 is 0. The second kappa shape index (κ2) is 14.0. The van der Waals surface area contributed by atoms with Gasteiger partial charge in [0.15, 0.2) is 0 Å². The molecule has 0 saturated heterocycles. The Hall–Kier alpha value is -5.14. The number of para-hydroxylation sites is 4. The average Bonchev–Trinajstić information content (AvgIpc) is 3.23. The van der Waals surface area contributed by atoms with Crippen LogP contribution in [0, 0.1) is 0 Å². The maximum absolute atomic E-state index is 7.17. The zero-order valence-corrected chi connectivity index (χ0v) is 23.0. The van der Waals surface area contributed by atoms with Crippen LogP contribution in [0.15, 0.2) is 170 Å². The van der Waals surface area contributed by atoms with Crippen LogP contribution in [-0.4, -0.2) is 27.0 Å². The Morgan fingerprint density at radius 2 is 0.667 bits per heavy atom. The smallest absolute Gasteiger partial charge is 0.402 e. The molecule has 4 bridgehead atoms. The van der Waals surface area contributed by atoms with Gasteiger partial charge in [-0.05, 0) is 83.6 Å². The van der Waals surface area contributed by atoms with Crippen molar-refractivity contribution in [2.45, 2.75) is 0 Å². The lowest BCUT2D eigenvalue weighted by Gasteiger charge is -2.25. The molecule has 0 atom stereocenters. The fourth-order valence-corrected chi connectivity index (χ4v) is 4.81. The molecule has 0 amide bonds. The molecule has 42 heavy (non-hydrogen) atoms. The van der Waals surface area contributed by atoms with Crippen LogP contribution in [0.5, 0.6) is 0 Å². The monoisotopic (exact) mass is 550 g/mol. The van der Waals surface area contributed by atoms with Crippen LogP contribution in [0.4, 0.5) is 17.1 Å². The summed E-state index contributed by atoms with van der Waals surface area (Å²) in [6.07, 6.45) is 0. The first-order chi connectivity index (χ1) is 20.6. The summed E-state index contributed by atoms with van der Waals surface area (Å²) in [7, 11) is -2.17. The van der Waals surface area contributed by atoms with Crippen molar-refractivity contribution < 1.29 is 15.1 Å². The maximum Gasteiger partial charge on any atom is 0.631 e. The van der Waals surface area contributed by atoms with Gasteiger partial charge in [0.1, 0.15) is 0 Å². The topological polar surface area (TPSA) is 68.9 Å². The van der Waals surface area contributed by atoms with Gasteiger partial charge < -0.3 is 24.5 Å².